The van der Waals surface area contributed by atoms with Crippen molar-refractivity contribution in [3.8, 4) is 22.6 Å². The van der Waals surface area contributed by atoms with E-state index < -0.39 is 0 Å². The van der Waals surface area contributed by atoms with Crippen molar-refractivity contribution in [2.45, 2.75) is 25.7 Å². The molecular formula is C23H23FN6O2. The third kappa shape index (κ3) is 5.42. The van der Waals surface area contributed by atoms with Gasteiger partial charge in [0.15, 0.2) is 0 Å². The fourth-order valence-electron chi connectivity index (χ4n) is 3.30. The molecule has 0 spiro atoms. The van der Waals surface area contributed by atoms with Crippen molar-refractivity contribution in [1.82, 2.24) is 30.2 Å². The number of aromatic amines is 1. The van der Waals surface area contributed by atoms with Gasteiger partial charge in [0.2, 0.25) is 17.6 Å². The van der Waals surface area contributed by atoms with Gasteiger partial charge in [-0.25, -0.2) is 4.39 Å². The van der Waals surface area contributed by atoms with Gasteiger partial charge in [0, 0.05) is 55.6 Å². The average molecular weight is 434 g/mol. The molecule has 4 aromatic rings. The van der Waals surface area contributed by atoms with E-state index in [1.54, 1.807) is 42.5 Å². The fraction of sp³-hybridized carbons (Fsp3) is 0.261. The number of aryl methyl sites for hydroxylation is 2. The number of nitrogens with zero attached hydrogens (tertiary/aromatic N) is 5. The fourth-order valence-corrected chi connectivity index (χ4v) is 3.30. The maximum absolute atomic E-state index is 13.4. The number of benzene rings is 1. The van der Waals surface area contributed by atoms with Crippen LogP contribution in [-0.4, -0.2) is 49.7 Å². The zero-order valence-corrected chi connectivity index (χ0v) is 17.7. The number of nitrogens with one attached hydrogen (secondary N) is 1. The molecule has 1 N–H and O–H groups in total. The number of halogens is 1. The van der Waals surface area contributed by atoms with E-state index in [1.165, 1.54) is 12.1 Å². The van der Waals surface area contributed by atoms with Crippen LogP contribution < -0.4 is 0 Å². The number of aromatic nitrogens is 5. The molecule has 0 bridgehead atoms. The molecule has 8 nitrogen and oxygen atoms in total. The minimum Gasteiger partial charge on any atom is -0.346 e. The van der Waals surface area contributed by atoms with Gasteiger partial charge in [-0.15, -0.1) is 0 Å². The Hall–Kier alpha value is -3.88. The van der Waals surface area contributed by atoms with Crippen LogP contribution in [0.4, 0.5) is 4.39 Å². The first kappa shape index (κ1) is 21.4. The summed E-state index contributed by atoms with van der Waals surface area (Å²) in [6.45, 7) is 0.610. The first-order valence-electron chi connectivity index (χ1n) is 10.4. The first-order valence-corrected chi connectivity index (χ1v) is 10.4. The van der Waals surface area contributed by atoms with E-state index in [-0.39, 0.29) is 11.7 Å². The van der Waals surface area contributed by atoms with Crippen LogP contribution in [0.25, 0.3) is 22.6 Å². The molecular weight excluding hydrogens is 411 g/mol. The lowest BCUT2D eigenvalue weighted by atomic mass is 10.1. The van der Waals surface area contributed by atoms with Crippen molar-refractivity contribution in [1.29, 1.82) is 0 Å². The summed E-state index contributed by atoms with van der Waals surface area (Å²) in [5, 5.41) is 11.2. The Morgan fingerprint density at radius 1 is 1.12 bits per heavy atom. The van der Waals surface area contributed by atoms with Gasteiger partial charge in [0.05, 0.1) is 5.69 Å². The van der Waals surface area contributed by atoms with Crippen LogP contribution in [0.1, 0.15) is 24.4 Å². The van der Waals surface area contributed by atoms with Gasteiger partial charge >= 0.3 is 0 Å². The second-order valence-electron chi connectivity index (χ2n) is 7.46. The van der Waals surface area contributed by atoms with Crippen molar-refractivity contribution >= 4 is 5.91 Å². The smallest absolute Gasteiger partial charge is 0.227 e. The molecule has 164 valence electrons. The van der Waals surface area contributed by atoms with Gasteiger partial charge in [-0.05, 0) is 43.2 Å². The highest BCUT2D eigenvalue weighted by Crippen LogP contribution is 2.19. The topological polar surface area (TPSA) is 101 Å². The molecule has 0 unspecified atom stereocenters. The summed E-state index contributed by atoms with van der Waals surface area (Å²) in [5.74, 6) is 0.640. The second-order valence-corrected chi connectivity index (χ2v) is 7.46. The zero-order chi connectivity index (χ0) is 22.3. The maximum Gasteiger partial charge on any atom is 0.227 e. The van der Waals surface area contributed by atoms with Gasteiger partial charge < -0.3 is 9.42 Å². The maximum atomic E-state index is 13.4. The third-order valence-electron chi connectivity index (χ3n) is 5.08. The molecule has 0 aliphatic carbocycles. The van der Waals surface area contributed by atoms with Crippen molar-refractivity contribution in [3.05, 3.63) is 72.3 Å². The molecule has 32 heavy (non-hydrogen) atoms. The number of pyridine rings is 1. The lowest BCUT2D eigenvalue weighted by molar-refractivity contribution is -0.130. The van der Waals surface area contributed by atoms with E-state index in [0.717, 1.165) is 29.7 Å². The number of hydrogen-bond donors (Lipinski definition) is 1. The SMILES string of the molecule is CN(CCCc1cc(-c2cccc(F)c2)n[nH]1)C(=O)CCc1nc(-c2ccncc2)no1. The van der Waals surface area contributed by atoms with Crippen molar-refractivity contribution in [3.63, 3.8) is 0 Å². The van der Waals surface area contributed by atoms with Gasteiger partial charge in [-0.2, -0.15) is 10.1 Å². The molecule has 3 aromatic heterocycles. The summed E-state index contributed by atoms with van der Waals surface area (Å²) in [5.41, 5.74) is 3.19. The molecule has 0 saturated carbocycles. The molecule has 0 aliphatic rings. The van der Waals surface area contributed by atoms with Gasteiger partial charge in [0.25, 0.3) is 0 Å². The highest BCUT2D eigenvalue weighted by Gasteiger charge is 2.13. The van der Waals surface area contributed by atoms with Gasteiger partial charge in [-0.1, -0.05) is 17.3 Å². The van der Waals surface area contributed by atoms with E-state index in [2.05, 4.69) is 25.3 Å². The summed E-state index contributed by atoms with van der Waals surface area (Å²) in [4.78, 5) is 22.4. The molecule has 3 heterocycles. The van der Waals surface area contributed by atoms with Crippen LogP contribution in [0.15, 0.2) is 59.4 Å². The third-order valence-corrected chi connectivity index (χ3v) is 5.08. The van der Waals surface area contributed by atoms with E-state index in [4.69, 9.17) is 4.52 Å². The molecule has 0 radical (unpaired) electrons. The summed E-state index contributed by atoms with van der Waals surface area (Å²) >= 11 is 0. The Morgan fingerprint density at radius 3 is 2.78 bits per heavy atom. The van der Waals surface area contributed by atoms with Crippen molar-refractivity contribution in [2.24, 2.45) is 0 Å². The predicted molar refractivity (Wildman–Crippen MR) is 116 cm³/mol. The normalized spacial score (nSPS) is 10.9. The molecule has 9 heteroatoms. The molecule has 4 rings (SSSR count). The Morgan fingerprint density at radius 2 is 1.97 bits per heavy atom. The number of amides is 1. The zero-order valence-electron chi connectivity index (χ0n) is 17.7. The molecule has 1 aromatic carbocycles. The summed E-state index contributed by atoms with van der Waals surface area (Å²) in [7, 11) is 1.78. The van der Waals surface area contributed by atoms with E-state index in [9.17, 15) is 9.18 Å². The molecule has 0 saturated heterocycles. The molecule has 0 fully saturated rings. The van der Waals surface area contributed by atoms with Gasteiger partial charge in [-0.3, -0.25) is 14.9 Å². The van der Waals surface area contributed by atoms with Crippen LogP contribution in [0.5, 0.6) is 0 Å². The Bertz CT molecular complexity index is 1170. The molecule has 0 aliphatic heterocycles. The Balaban J connectivity index is 1.21. The lowest BCUT2D eigenvalue weighted by Gasteiger charge is -2.16. The Labute approximate surface area is 184 Å². The molecule has 0 atom stereocenters. The second kappa shape index (κ2) is 9.95. The van der Waals surface area contributed by atoms with Crippen molar-refractivity contribution < 1.29 is 13.7 Å². The van der Waals surface area contributed by atoms with Crippen LogP contribution in [-0.2, 0) is 17.6 Å². The van der Waals surface area contributed by atoms with Gasteiger partial charge in [0.1, 0.15) is 5.82 Å². The molecule has 1 amide bonds. The summed E-state index contributed by atoms with van der Waals surface area (Å²) in [6, 6.07) is 11.8. The number of carbonyl (C=O) groups is 1. The number of hydrogen-bond acceptors (Lipinski definition) is 6. The van der Waals surface area contributed by atoms with E-state index in [0.29, 0.717) is 36.8 Å². The Kier molecular flexibility index (Phi) is 6.64. The summed E-state index contributed by atoms with van der Waals surface area (Å²) < 4.78 is 18.6. The predicted octanol–water partition coefficient (Wildman–Crippen LogP) is 3.68. The standard InChI is InChI=1S/C23H23FN6O2/c1-30(13-3-6-19-15-20(28-27-19)17-4-2-5-18(24)14-17)22(31)8-7-21-26-23(29-32-21)16-9-11-25-12-10-16/h2,4-5,9-12,14-15H,3,6-8,13H2,1H3,(H,27,28). The minimum atomic E-state index is -0.290. The first-order chi connectivity index (χ1) is 15.6. The average Bonchev–Trinajstić information content (AvgIpc) is 3.48. The number of carbonyl (C=O) groups excluding carboxylic acids is 1. The summed E-state index contributed by atoms with van der Waals surface area (Å²) in [6.07, 6.45) is 5.52. The minimum absolute atomic E-state index is 0.0127. The van der Waals surface area contributed by atoms with Crippen LogP contribution in [0.3, 0.4) is 0 Å². The highest BCUT2D eigenvalue weighted by atomic mass is 19.1. The van der Waals surface area contributed by atoms with Crippen LogP contribution in [0, 0.1) is 5.82 Å². The van der Waals surface area contributed by atoms with E-state index >= 15 is 0 Å². The number of rotatable bonds is 9. The lowest BCUT2D eigenvalue weighted by Crippen LogP contribution is -2.28. The monoisotopic (exact) mass is 434 g/mol. The highest BCUT2D eigenvalue weighted by molar-refractivity contribution is 5.76. The quantitative estimate of drug-likeness (QED) is 0.431. The largest absolute Gasteiger partial charge is 0.346 e. The van der Waals surface area contributed by atoms with E-state index in [1.807, 2.05) is 12.1 Å². The van der Waals surface area contributed by atoms with Crippen LogP contribution >= 0.6 is 0 Å². The van der Waals surface area contributed by atoms with Crippen molar-refractivity contribution in [2.75, 3.05) is 13.6 Å². The van der Waals surface area contributed by atoms with Crippen LogP contribution in [0.2, 0.25) is 0 Å². The number of H-pyrrole nitrogens is 1.